The van der Waals surface area contributed by atoms with Gasteiger partial charge in [-0.05, 0) is 97.0 Å². The molecule has 0 unspecified atom stereocenters. The molecule has 13 nitrogen and oxygen atoms in total. The van der Waals surface area contributed by atoms with E-state index in [9.17, 15) is 19.5 Å². The van der Waals surface area contributed by atoms with Gasteiger partial charge in [-0.25, -0.2) is 4.98 Å². The topological polar surface area (TPSA) is 167 Å². The Morgan fingerprint density at radius 1 is 0.800 bits per heavy atom. The van der Waals surface area contributed by atoms with Crippen molar-refractivity contribution in [2.45, 2.75) is 71.3 Å². The van der Waals surface area contributed by atoms with Crippen LogP contribution in [0.15, 0.2) is 54.7 Å². The van der Waals surface area contributed by atoms with Gasteiger partial charge >= 0.3 is 5.97 Å². The van der Waals surface area contributed by atoms with E-state index in [1.54, 1.807) is 6.20 Å². The second kappa shape index (κ2) is 24.8. The summed E-state index contributed by atoms with van der Waals surface area (Å²) >= 11 is 0. The number of benzene rings is 2. The van der Waals surface area contributed by atoms with E-state index < -0.39 is 17.9 Å². The molecule has 0 saturated carbocycles. The van der Waals surface area contributed by atoms with Gasteiger partial charge < -0.3 is 44.7 Å². The molecule has 4 rings (SSSR count). The third-order valence-corrected chi connectivity index (χ3v) is 9.03. The third kappa shape index (κ3) is 16.0. The van der Waals surface area contributed by atoms with Crippen LogP contribution in [0.25, 0.3) is 11.1 Å². The minimum Gasteiger partial charge on any atom is -0.491 e. The maximum Gasteiger partial charge on any atom is 0.305 e. The number of nitrogens with one attached hydrogen (secondary N) is 3. The zero-order chi connectivity index (χ0) is 39.1. The maximum absolute atomic E-state index is 12.8. The van der Waals surface area contributed by atoms with E-state index in [1.165, 1.54) is 11.1 Å². The Hall–Kier alpha value is -4.56. The number of carbonyl (C=O) groups is 3. The first-order valence-electron chi connectivity index (χ1n) is 19.5. The first-order valence-corrected chi connectivity index (χ1v) is 19.5. The molecule has 1 aliphatic rings. The van der Waals surface area contributed by atoms with Crippen molar-refractivity contribution >= 4 is 23.6 Å². The normalized spacial score (nSPS) is 12.8. The van der Waals surface area contributed by atoms with E-state index in [4.69, 9.17) is 23.7 Å². The first-order chi connectivity index (χ1) is 26.8. The van der Waals surface area contributed by atoms with Crippen LogP contribution in [0.3, 0.4) is 0 Å². The highest BCUT2D eigenvalue weighted by atomic mass is 16.6. The second-order valence-electron chi connectivity index (χ2n) is 13.4. The molecule has 300 valence electrons. The number of hydrogen-bond donors (Lipinski definition) is 4. The molecule has 1 aromatic heterocycles. The lowest BCUT2D eigenvalue weighted by atomic mass is 9.85. The van der Waals surface area contributed by atoms with Crippen LogP contribution in [-0.2, 0) is 46.2 Å². The molecule has 0 fully saturated rings. The van der Waals surface area contributed by atoms with E-state index in [-0.39, 0.29) is 25.3 Å². The Labute approximate surface area is 324 Å². The predicted molar refractivity (Wildman–Crippen MR) is 210 cm³/mol. The quantitative estimate of drug-likeness (QED) is 0.0732. The van der Waals surface area contributed by atoms with Crippen molar-refractivity contribution in [1.82, 2.24) is 15.6 Å². The summed E-state index contributed by atoms with van der Waals surface area (Å²) in [5, 5.41) is 18.2. The number of carboxylic acids is 1. The number of anilines is 1. The van der Waals surface area contributed by atoms with Gasteiger partial charge in [-0.2, -0.15) is 0 Å². The summed E-state index contributed by atoms with van der Waals surface area (Å²) in [5.41, 5.74) is 6.36. The SMILES string of the molecule is CCCOCCOCCOCCOCCOc1ccc(-c2ccc([C@H](CC(=O)O)NC(=O)CNC(=O)CCCNc3cc(C)ccn3)cc2)c2c1CCCC2. The molecule has 1 aliphatic carbocycles. The Balaban J connectivity index is 1.21. The number of aryl methyl sites for hydroxylation is 1. The van der Waals surface area contributed by atoms with Crippen molar-refractivity contribution in [2.24, 2.45) is 0 Å². The monoisotopic (exact) mass is 762 g/mol. The molecule has 2 amide bonds. The van der Waals surface area contributed by atoms with Crippen LogP contribution in [0.1, 0.15) is 73.7 Å². The van der Waals surface area contributed by atoms with Gasteiger partial charge in [0.15, 0.2) is 0 Å². The molecular formula is C42H58N4O9. The fourth-order valence-corrected chi connectivity index (χ4v) is 6.29. The van der Waals surface area contributed by atoms with Crippen LogP contribution < -0.4 is 20.7 Å². The van der Waals surface area contributed by atoms with Gasteiger partial charge in [0.1, 0.15) is 18.2 Å². The van der Waals surface area contributed by atoms with Crippen LogP contribution in [0.5, 0.6) is 5.75 Å². The molecule has 13 heteroatoms. The summed E-state index contributed by atoms with van der Waals surface area (Å²) in [4.78, 5) is 41.1. The van der Waals surface area contributed by atoms with Gasteiger partial charge in [0.05, 0.1) is 65.3 Å². The minimum absolute atomic E-state index is 0.237. The second-order valence-corrected chi connectivity index (χ2v) is 13.4. The molecular weight excluding hydrogens is 704 g/mol. The van der Waals surface area contributed by atoms with Crippen LogP contribution in [-0.4, -0.2) is 100 Å². The van der Waals surface area contributed by atoms with E-state index >= 15 is 0 Å². The molecule has 2 aromatic carbocycles. The number of carboxylic acid groups (broad SMARTS) is 1. The number of hydrogen-bond acceptors (Lipinski definition) is 10. The molecule has 1 atom stereocenters. The Morgan fingerprint density at radius 3 is 2.11 bits per heavy atom. The number of fused-ring (bicyclic) bond motifs is 1. The highest BCUT2D eigenvalue weighted by Crippen LogP contribution is 2.37. The number of ether oxygens (including phenoxy) is 5. The number of amides is 2. The highest BCUT2D eigenvalue weighted by Gasteiger charge is 2.21. The molecule has 4 N–H and O–H groups in total. The molecule has 0 aliphatic heterocycles. The largest absolute Gasteiger partial charge is 0.491 e. The van der Waals surface area contributed by atoms with Gasteiger partial charge in [0.25, 0.3) is 0 Å². The Kier molecular flexibility index (Phi) is 19.4. The smallest absolute Gasteiger partial charge is 0.305 e. The van der Waals surface area contributed by atoms with E-state index in [1.807, 2.05) is 49.4 Å². The number of aliphatic carboxylic acids is 1. The predicted octanol–water partition coefficient (Wildman–Crippen LogP) is 5.43. The van der Waals surface area contributed by atoms with Crippen molar-refractivity contribution < 1.29 is 43.2 Å². The molecule has 0 radical (unpaired) electrons. The fourth-order valence-electron chi connectivity index (χ4n) is 6.29. The molecule has 3 aromatic rings. The average Bonchev–Trinajstić information content (AvgIpc) is 3.18. The number of pyridine rings is 1. The summed E-state index contributed by atoms with van der Waals surface area (Å²) in [5.74, 6) is -0.133. The first kappa shape index (κ1) is 43.2. The van der Waals surface area contributed by atoms with Gasteiger partial charge in [0, 0.05) is 25.8 Å². The molecule has 0 saturated heterocycles. The summed E-state index contributed by atoms with van der Waals surface area (Å²) in [6, 6.07) is 14.8. The zero-order valence-electron chi connectivity index (χ0n) is 32.4. The van der Waals surface area contributed by atoms with Gasteiger partial charge in [-0.15, -0.1) is 0 Å². The van der Waals surface area contributed by atoms with E-state index in [0.717, 1.165) is 67.0 Å². The summed E-state index contributed by atoms with van der Waals surface area (Å²) in [7, 11) is 0. The van der Waals surface area contributed by atoms with Gasteiger partial charge in [-0.3, -0.25) is 14.4 Å². The third-order valence-electron chi connectivity index (χ3n) is 9.03. The molecule has 1 heterocycles. The standard InChI is InChI=1S/C42H58N4O9/c1-3-19-51-20-21-52-22-23-53-24-25-54-26-27-55-38-15-14-34(35-7-4-5-8-36(35)38)32-10-12-33(13-11-32)37(29-42(49)50)46-41(48)30-45-40(47)9-6-17-43-39-28-31(2)16-18-44-39/h10-16,18,28,37H,3-9,17,19-27,29-30H2,1-2H3,(H,43,44)(H,45,47)(H,46,48)(H,49,50)/t37-/m0/s1. The number of carbonyl (C=O) groups excluding carboxylic acids is 2. The van der Waals surface area contributed by atoms with Gasteiger partial charge in [-0.1, -0.05) is 37.3 Å². The number of aromatic nitrogens is 1. The van der Waals surface area contributed by atoms with Crippen LogP contribution >= 0.6 is 0 Å². The van der Waals surface area contributed by atoms with Crippen molar-refractivity contribution in [3.8, 4) is 16.9 Å². The molecule has 0 spiro atoms. The number of rotatable bonds is 27. The van der Waals surface area contributed by atoms with Gasteiger partial charge in [0.2, 0.25) is 11.8 Å². The number of nitrogens with zero attached hydrogens (tertiary/aromatic N) is 1. The van der Waals surface area contributed by atoms with Crippen molar-refractivity contribution in [1.29, 1.82) is 0 Å². The van der Waals surface area contributed by atoms with E-state index in [0.29, 0.717) is 71.4 Å². The Morgan fingerprint density at radius 2 is 1.45 bits per heavy atom. The Bertz CT molecular complexity index is 1620. The minimum atomic E-state index is -1.04. The molecule has 55 heavy (non-hydrogen) atoms. The van der Waals surface area contributed by atoms with Crippen LogP contribution in [0.2, 0.25) is 0 Å². The summed E-state index contributed by atoms with van der Waals surface area (Å²) < 4.78 is 28.3. The summed E-state index contributed by atoms with van der Waals surface area (Å²) in [6.45, 7) is 9.23. The van der Waals surface area contributed by atoms with Crippen molar-refractivity contribution in [3.63, 3.8) is 0 Å². The highest BCUT2D eigenvalue weighted by molar-refractivity contribution is 5.85. The summed E-state index contributed by atoms with van der Waals surface area (Å²) in [6.07, 6.45) is 7.30. The van der Waals surface area contributed by atoms with Crippen LogP contribution in [0, 0.1) is 6.92 Å². The van der Waals surface area contributed by atoms with Crippen molar-refractivity contribution in [3.05, 3.63) is 77.0 Å². The fraction of sp³-hybridized carbons (Fsp3) is 0.524. The average molecular weight is 763 g/mol. The lowest BCUT2D eigenvalue weighted by molar-refractivity contribution is -0.138. The lowest BCUT2D eigenvalue weighted by Crippen LogP contribution is -2.39. The zero-order valence-corrected chi connectivity index (χ0v) is 32.4. The maximum atomic E-state index is 12.8. The van der Waals surface area contributed by atoms with Crippen LogP contribution in [0.4, 0.5) is 5.82 Å². The lowest BCUT2D eigenvalue weighted by Gasteiger charge is -2.23. The van der Waals surface area contributed by atoms with Crippen molar-refractivity contribution in [2.75, 3.05) is 77.9 Å². The van der Waals surface area contributed by atoms with E-state index in [2.05, 4.69) is 33.9 Å². The molecule has 0 bridgehead atoms.